The Labute approximate surface area is 164 Å². The number of aromatic hydroxyl groups is 1. The first-order chi connectivity index (χ1) is 13.5. The van der Waals surface area contributed by atoms with Crippen molar-refractivity contribution in [1.29, 1.82) is 0 Å². The summed E-state index contributed by atoms with van der Waals surface area (Å²) in [6.45, 7) is 4.80. The molecule has 1 aromatic carbocycles. The van der Waals surface area contributed by atoms with Crippen molar-refractivity contribution in [3.8, 4) is 16.9 Å². The minimum Gasteiger partial charge on any atom is -0.508 e. The van der Waals surface area contributed by atoms with E-state index in [-0.39, 0.29) is 23.3 Å². The summed E-state index contributed by atoms with van der Waals surface area (Å²) in [7, 11) is 1.68. The number of nitrogens with zero attached hydrogens (tertiary/aromatic N) is 1. The van der Waals surface area contributed by atoms with Crippen molar-refractivity contribution in [3.63, 3.8) is 0 Å². The summed E-state index contributed by atoms with van der Waals surface area (Å²) in [4.78, 5) is 30.1. The third-order valence-corrected chi connectivity index (χ3v) is 5.24. The molecule has 1 aliphatic rings. The number of rotatable bonds is 7. The van der Waals surface area contributed by atoms with Crippen LogP contribution in [0.2, 0.25) is 0 Å². The van der Waals surface area contributed by atoms with Gasteiger partial charge in [0, 0.05) is 37.5 Å². The number of phenols is 1. The topological polar surface area (TPSA) is 94.7 Å². The molecule has 1 saturated heterocycles. The van der Waals surface area contributed by atoms with Gasteiger partial charge in [-0.15, -0.1) is 0 Å². The molecule has 0 unspecified atom stereocenters. The number of hydrogen-bond acceptors (Lipinski definition) is 5. The van der Waals surface area contributed by atoms with Crippen LogP contribution in [0.25, 0.3) is 11.1 Å². The average molecular weight is 385 g/mol. The highest BCUT2D eigenvalue weighted by Gasteiger charge is 2.25. The molecule has 7 heteroatoms. The summed E-state index contributed by atoms with van der Waals surface area (Å²) >= 11 is 0. The van der Waals surface area contributed by atoms with Gasteiger partial charge in [0.25, 0.3) is 11.5 Å². The smallest absolute Gasteiger partial charge is 0.261 e. The summed E-state index contributed by atoms with van der Waals surface area (Å²) in [6.07, 6.45) is 2.12. The molecular weight excluding hydrogens is 358 g/mol. The van der Waals surface area contributed by atoms with Crippen LogP contribution in [0, 0.1) is 6.92 Å². The number of aromatic nitrogens is 1. The largest absolute Gasteiger partial charge is 0.508 e. The standard InChI is InChI=1S/C21H27N3O4/c1-14-18(15-5-7-17(25)8-6-15)12-19(21(27)23-14)20(26)22-13-16-4-3-9-24(16)10-11-28-2/h5-8,12,16,25H,3-4,9-11,13H2,1-2H3,(H,22,26)(H,23,27)/t16-/m1/s1. The predicted octanol–water partition coefficient (Wildman–Crippen LogP) is 1.90. The number of ether oxygens (including phenoxy) is 1. The van der Waals surface area contributed by atoms with E-state index in [2.05, 4.69) is 15.2 Å². The number of benzene rings is 1. The number of amides is 1. The van der Waals surface area contributed by atoms with Crippen molar-refractivity contribution < 1.29 is 14.6 Å². The number of aryl methyl sites for hydroxylation is 1. The van der Waals surface area contributed by atoms with Gasteiger partial charge in [-0.2, -0.15) is 0 Å². The van der Waals surface area contributed by atoms with E-state index < -0.39 is 5.56 Å². The predicted molar refractivity (Wildman–Crippen MR) is 108 cm³/mol. The molecule has 3 N–H and O–H groups in total. The quantitative estimate of drug-likeness (QED) is 0.677. The van der Waals surface area contributed by atoms with Crippen LogP contribution in [0.3, 0.4) is 0 Å². The maximum absolute atomic E-state index is 12.7. The molecule has 1 aromatic heterocycles. The zero-order chi connectivity index (χ0) is 20.1. The highest BCUT2D eigenvalue weighted by atomic mass is 16.5. The minimum absolute atomic E-state index is 0.0927. The second kappa shape index (κ2) is 9.03. The molecule has 0 aliphatic carbocycles. The fraction of sp³-hybridized carbons (Fsp3) is 0.429. The van der Waals surface area contributed by atoms with Gasteiger partial charge < -0.3 is 20.1 Å². The van der Waals surface area contributed by atoms with E-state index in [0.717, 1.165) is 37.1 Å². The van der Waals surface area contributed by atoms with E-state index in [4.69, 9.17) is 4.74 Å². The van der Waals surface area contributed by atoms with E-state index in [1.54, 1.807) is 44.4 Å². The van der Waals surface area contributed by atoms with Crippen molar-refractivity contribution in [3.05, 3.63) is 51.9 Å². The average Bonchev–Trinajstić information content (AvgIpc) is 3.13. The Morgan fingerprint density at radius 3 is 2.82 bits per heavy atom. The Morgan fingerprint density at radius 1 is 1.36 bits per heavy atom. The molecule has 2 heterocycles. The van der Waals surface area contributed by atoms with Crippen LogP contribution >= 0.6 is 0 Å². The van der Waals surface area contributed by atoms with Crippen LogP contribution in [0.4, 0.5) is 0 Å². The first kappa shape index (κ1) is 20.1. The highest BCUT2D eigenvalue weighted by molar-refractivity contribution is 5.95. The van der Waals surface area contributed by atoms with E-state index in [1.807, 2.05) is 0 Å². The van der Waals surface area contributed by atoms with E-state index in [1.165, 1.54) is 0 Å². The summed E-state index contributed by atoms with van der Waals surface area (Å²) in [5.74, 6) is -0.210. The van der Waals surface area contributed by atoms with Gasteiger partial charge in [0.15, 0.2) is 0 Å². The monoisotopic (exact) mass is 385 g/mol. The molecule has 28 heavy (non-hydrogen) atoms. The van der Waals surface area contributed by atoms with E-state index in [0.29, 0.717) is 18.8 Å². The minimum atomic E-state index is -0.403. The molecule has 1 amide bonds. The number of aromatic amines is 1. The second-order valence-electron chi connectivity index (χ2n) is 7.13. The Bertz CT molecular complexity index is 876. The zero-order valence-electron chi connectivity index (χ0n) is 16.3. The first-order valence-electron chi connectivity index (χ1n) is 9.54. The van der Waals surface area contributed by atoms with Crippen LogP contribution in [0.1, 0.15) is 28.9 Å². The van der Waals surface area contributed by atoms with Gasteiger partial charge in [-0.3, -0.25) is 14.5 Å². The number of likely N-dealkylation sites (tertiary alicyclic amines) is 1. The summed E-state index contributed by atoms with van der Waals surface area (Å²) in [5, 5.41) is 12.4. The van der Waals surface area contributed by atoms with Gasteiger partial charge in [0.05, 0.1) is 6.61 Å². The number of phenolic OH excluding ortho intramolecular Hbond substituents is 1. The van der Waals surface area contributed by atoms with Crippen LogP contribution in [-0.2, 0) is 4.74 Å². The van der Waals surface area contributed by atoms with Crippen molar-refractivity contribution >= 4 is 5.91 Å². The van der Waals surface area contributed by atoms with Gasteiger partial charge in [-0.05, 0) is 50.1 Å². The molecule has 2 aromatic rings. The van der Waals surface area contributed by atoms with Crippen LogP contribution in [0.5, 0.6) is 5.75 Å². The van der Waals surface area contributed by atoms with Gasteiger partial charge in [0.1, 0.15) is 11.3 Å². The SMILES string of the molecule is COCCN1CCC[C@@H]1CNC(=O)c1cc(-c2ccc(O)cc2)c(C)[nH]c1=O. The van der Waals surface area contributed by atoms with Gasteiger partial charge in [-0.25, -0.2) is 0 Å². The molecule has 0 spiro atoms. The molecule has 0 bridgehead atoms. The lowest BCUT2D eigenvalue weighted by molar-refractivity contribution is 0.0931. The number of hydrogen-bond donors (Lipinski definition) is 3. The first-order valence-corrected chi connectivity index (χ1v) is 9.54. The third-order valence-electron chi connectivity index (χ3n) is 5.24. The van der Waals surface area contributed by atoms with Crippen molar-refractivity contribution in [2.24, 2.45) is 0 Å². The lowest BCUT2D eigenvalue weighted by Gasteiger charge is -2.24. The number of carbonyl (C=O) groups excluding carboxylic acids is 1. The third kappa shape index (κ3) is 4.61. The number of H-pyrrole nitrogens is 1. The fourth-order valence-corrected chi connectivity index (χ4v) is 3.67. The zero-order valence-corrected chi connectivity index (χ0v) is 16.3. The number of nitrogens with one attached hydrogen (secondary N) is 2. The molecule has 0 radical (unpaired) electrons. The summed E-state index contributed by atoms with van der Waals surface area (Å²) < 4.78 is 5.15. The van der Waals surface area contributed by atoms with Crippen LogP contribution in [-0.4, -0.2) is 60.3 Å². The van der Waals surface area contributed by atoms with Crippen LogP contribution in [0.15, 0.2) is 35.1 Å². The van der Waals surface area contributed by atoms with E-state index in [9.17, 15) is 14.7 Å². The van der Waals surface area contributed by atoms with E-state index >= 15 is 0 Å². The molecule has 7 nitrogen and oxygen atoms in total. The van der Waals surface area contributed by atoms with Crippen LogP contribution < -0.4 is 10.9 Å². The summed E-state index contributed by atoms with van der Waals surface area (Å²) in [5.41, 5.74) is 1.94. The molecule has 150 valence electrons. The molecular formula is C21H27N3O4. The lowest BCUT2D eigenvalue weighted by atomic mass is 10.0. The maximum Gasteiger partial charge on any atom is 0.261 e. The Balaban J connectivity index is 1.73. The van der Waals surface area contributed by atoms with Crippen molar-refractivity contribution in [2.75, 3.05) is 33.4 Å². The molecule has 3 rings (SSSR count). The second-order valence-corrected chi connectivity index (χ2v) is 7.13. The molecule has 0 saturated carbocycles. The Morgan fingerprint density at radius 2 is 2.11 bits per heavy atom. The summed E-state index contributed by atoms with van der Waals surface area (Å²) in [6, 6.07) is 8.55. The highest BCUT2D eigenvalue weighted by Crippen LogP contribution is 2.24. The fourth-order valence-electron chi connectivity index (χ4n) is 3.67. The maximum atomic E-state index is 12.7. The lowest BCUT2D eigenvalue weighted by Crippen LogP contribution is -2.42. The number of carbonyl (C=O) groups is 1. The molecule has 1 fully saturated rings. The van der Waals surface area contributed by atoms with Crippen molar-refractivity contribution in [1.82, 2.24) is 15.2 Å². The molecule has 1 aliphatic heterocycles. The van der Waals surface area contributed by atoms with Gasteiger partial charge >= 0.3 is 0 Å². The van der Waals surface area contributed by atoms with Crippen molar-refractivity contribution in [2.45, 2.75) is 25.8 Å². The molecule has 1 atom stereocenters. The number of methoxy groups -OCH3 is 1. The van der Waals surface area contributed by atoms with Gasteiger partial charge in [-0.1, -0.05) is 12.1 Å². The Hall–Kier alpha value is -2.64. The normalized spacial score (nSPS) is 17.0. The number of pyridine rings is 1. The Kier molecular flexibility index (Phi) is 6.49. The van der Waals surface area contributed by atoms with Gasteiger partial charge in [0.2, 0.25) is 0 Å².